The van der Waals surface area contributed by atoms with E-state index in [-0.39, 0.29) is 6.61 Å². The quantitative estimate of drug-likeness (QED) is 0.833. The smallest absolute Gasteiger partial charge is 0.407 e. The summed E-state index contributed by atoms with van der Waals surface area (Å²) in [7, 11) is 0. The summed E-state index contributed by atoms with van der Waals surface area (Å²) < 4.78 is 5.21. The highest BCUT2D eigenvalue weighted by Crippen LogP contribution is 2.20. The molecule has 0 aromatic heterocycles. The van der Waals surface area contributed by atoms with Crippen LogP contribution in [0.15, 0.2) is 60.7 Å². The number of carboxylic acid groups (broad SMARTS) is 1. The lowest BCUT2D eigenvalue weighted by Crippen LogP contribution is -2.43. The summed E-state index contributed by atoms with van der Waals surface area (Å²) in [6.45, 7) is 1.69. The molecule has 2 aromatic rings. The number of likely N-dealkylation sites (tertiary alicyclic amines) is 1. The number of amides is 1. The zero-order valence-corrected chi connectivity index (χ0v) is 14.4. The van der Waals surface area contributed by atoms with E-state index < -0.39 is 24.0 Å². The van der Waals surface area contributed by atoms with Crippen molar-refractivity contribution in [3.8, 4) is 0 Å². The van der Waals surface area contributed by atoms with Gasteiger partial charge < -0.3 is 15.2 Å². The van der Waals surface area contributed by atoms with E-state index >= 15 is 0 Å². The maximum atomic E-state index is 12.1. The van der Waals surface area contributed by atoms with Crippen molar-refractivity contribution in [3.05, 3.63) is 71.8 Å². The van der Waals surface area contributed by atoms with Crippen LogP contribution >= 0.6 is 0 Å². The molecule has 136 valence electrons. The molecule has 2 unspecified atom stereocenters. The molecule has 1 heterocycles. The molecule has 0 aliphatic carbocycles. The predicted octanol–water partition coefficient (Wildman–Crippen LogP) is 2.50. The Kier molecular flexibility index (Phi) is 5.86. The summed E-state index contributed by atoms with van der Waals surface area (Å²) in [5.74, 6) is -1.56. The third-order valence-corrected chi connectivity index (χ3v) is 4.48. The minimum atomic E-state index is -0.908. The summed E-state index contributed by atoms with van der Waals surface area (Å²) in [6, 6.07) is 18.8. The maximum Gasteiger partial charge on any atom is 0.407 e. The summed E-state index contributed by atoms with van der Waals surface area (Å²) in [6.07, 6.45) is -0.591. The van der Waals surface area contributed by atoms with Crippen LogP contribution in [0.4, 0.5) is 4.79 Å². The van der Waals surface area contributed by atoms with Gasteiger partial charge in [0.2, 0.25) is 0 Å². The van der Waals surface area contributed by atoms with Crippen LogP contribution in [0, 0.1) is 5.92 Å². The van der Waals surface area contributed by atoms with Crippen molar-refractivity contribution in [2.45, 2.75) is 19.2 Å². The van der Waals surface area contributed by atoms with Crippen molar-refractivity contribution >= 4 is 12.1 Å². The summed E-state index contributed by atoms with van der Waals surface area (Å²) in [4.78, 5) is 25.7. The largest absolute Gasteiger partial charge is 0.481 e. The molecule has 2 aromatic carbocycles. The number of carbonyl (C=O) groups excluding carboxylic acids is 1. The fourth-order valence-corrected chi connectivity index (χ4v) is 3.17. The van der Waals surface area contributed by atoms with Crippen LogP contribution < -0.4 is 5.32 Å². The molecule has 0 saturated carbocycles. The number of ether oxygens (including phenoxy) is 1. The van der Waals surface area contributed by atoms with Gasteiger partial charge in [-0.25, -0.2) is 4.79 Å². The molecule has 1 amide bonds. The zero-order valence-electron chi connectivity index (χ0n) is 14.4. The number of carbonyl (C=O) groups is 2. The first-order valence-electron chi connectivity index (χ1n) is 8.58. The molecular weight excluding hydrogens is 332 g/mol. The van der Waals surface area contributed by atoms with Gasteiger partial charge in [0.25, 0.3) is 0 Å². The Morgan fingerprint density at radius 1 is 1.00 bits per heavy atom. The number of hydrogen-bond donors (Lipinski definition) is 2. The summed E-state index contributed by atoms with van der Waals surface area (Å²) in [5.41, 5.74) is 2.00. The Bertz CT molecular complexity index is 736. The van der Waals surface area contributed by atoms with E-state index in [2.05, 4.69) is 5.32 Å². The van der Waals surface area contributed by atoms with Crippen LogP contribution in [-0.4, -0.2) is 41.2 Å². The molecule has 0 spiro atoms. The molecule has 0 bridgehead atoms. The molecule has 1 fully saturated rings. The normalized spacial score (nSPS) is 19.8. The first-order valence-corrected chi connectivity index (χ1v) is 8.58. The lowest BCUT2D eigenvalue weighted by Gasteiger charge is -2.17. The molecule has 26 heavy (non-hydrogen) atoms. The van der Waals surface area contributed by atoms with Gasteiger partial charge in [0.1, 0.15) is 6.61 Å². The van der Waals surface area contributed by atoms with Crippen LogP contribution in [0.25, 0.3) is 0 Å². The van der Waals surface area contributed by atoms with Gasteiger partial charge in [-0.05, 0) is 11.1 Å². The maximum absolute atomic E-state index is 12.1. The molecule has 1 aliphatic heterocycles. The molecular formula is C20H22N2O4. The highest BCUT2D eigenvalue weighted by molar-refractivity contribution is 5.74. The van der Waals surface area contributed by atoms with E-state index in [1.807, 2.05) is 65.6 Å². The number of aliphatic carboxylic acids is 1. The van der Waals surface area contributed by atoms with E-state index in [9.17, 15) is 14.7 Å². The Labute approximate surface area is 152 Å². The highest BCUT2D eigenvalue weighted by Gasteiger charge is 2.38. The molecule has 6 heteroatoms. The number of hydrogen-bond acceptors (Lipinski definition) is 4. The number of carboxylic acids is 1. The number of nitrogens with one attached hydrogen (secondary N) is 1. The minimum Gasteiger partial charge on any atom is -0.481 e. The second-order valence-electron chi connectivity index (χ2n) is 6.44. The number of rotatable bonds is 6. The first kappa shape index (κ1) is 17.9. The molecule has 2 N–H and O–H groups in total. The van der Waals surface area contributed by atoms with E-state index in [1.54, 1.807) is 0 Å². The SMILES string of the molecule is O=C(NC1CN(Cc2ccccc2)CC1C(=O)O)OCc1ccccc1. The topological polar surface area (TPSA) is 78.9 Å². The van der Waals surface area contributed by atoms with Crippen molar-refractivity contribution < 1.29 is 19.4 Å². The van der Waals surface area contributed by atoms with Gasteiger partial charge >= 0.3 is 12.1 Å². The average molecular weight is 354 g/mol. The summed E-state index contributed by atoms with van der Waals surface area (Å²) >= 11 is 0. The van der Waals surface area contributed by atoms with Gasteiger partial charge in [-0.1, -0.05) is 60.7 Å². The summed E-state index contributed by atoms with van der Waals surface area (Å²) in [5, 5.41) is 12.2. The van der Waals surface area contributed by atoms with Gasteiger partial charge in [-0.2, -0.15) is 0 Å². The predicted molar refractivity (Wildman–Crippen MR) is 96.4 cm³/mol. The number of nitrogens with zero attached hydrogens (tertiary/aromatic N) is 1. The Hall–Kier alpha value is -2.86. The van der Waals surface area contributed by atoms with Crippen molar-refractivity contribution in [3.63, 3.8) is 0 Å². The Balaban J connectivity index is 1.55. The van der Waals surface area contributed by atoms with Gasteiger partial charge in [-0.3, -0.25) is 9.69 Å². The van der Waals surface area contributed by atoms with Crippen molar-refractivity contribution in [2.75, 3.05) is 13.1 Å². The number of benzene rings is 2. The van der Waals surface area contributed by atoms with E-state index in [0.717, 1.165) is 11.1 Å². The molecule has 2 atom stereocenters. The fraction of sp³-hybridized carbons (Fsp3) is 0.300. The van der Waals surface area contributed by atoms with Crippen LogP contribution in [0.3, 0.4) is 0 Å². The minimum absolute atomic E-state index is 0.158. The van der Waals surface area contributed by atoms with Gasteiger partial charge in [0.15, 0.2) is 0 Å². The molecule has 1 saturated heterocycles. The van der Waals surface area contributed by atoms with Crippen molar-refractivity contribution in [2.24, 2.45) is 5.92 Å². The Morgan fingerprint density at radius 2 is 1.62 bits per heavy atom. The van der Waals surface area contributed by atoms with E-state index in [4.69, 9.17) is 4.74 Å². The Morgan fingerprint density at radius 3 is 2.23 bits per heavy atom. The second kappa shape index (κ2) is 8.49. The van der Waals surface area contributed by atoms with Gasteiger partial charge in [0, 0.05) is 19.6 Å². The average Bonchev–Trinajstić information content (AvgIpc) is 3.04. The van der Waals surface area contributed by atoms with Crippen LogP contribution in [0.2, 0.25) is 0 Å². The number of alkyl carbamates (subject to hydrolysis) is 1. The third kappa shape index (κ3) is 4.83. The van der Waals surface area contributed by atoms with Crippen LogP contribution in [0.5, 0.6) is 0 Å². The highest BCUT2D eigenvalue weighted by atomic mass is 16.5. The zero-order chi connectivity index (χ0) is 18.4. The van der Waals surface area contributed by atoms with Crippen molar-refractivity contribution in [1.29, 1.82) is 0 Å². The van der Waals surface area contributed by atoms with Gasteiger partial charge in [0.05, 0.1) is 12.0 Å². The monoisotopic (exact) mass is 354 g/mol. The second-order valence-corrected chi connectivity index (χ2v) is 6.44. The van der Waals surface area contributed by atoms with Crippen molar-refractivity contribution in [1.82, 2.24) is 10.2 Å². The molecule has 0 radical (unpaired) electrons. The van der Waals surface area contributed by atoms with E-state index in [0.29, 0.717) is 19.6 Å². The molecule has 1 aliphatic rings. The third-order valence-electron chi connectivity index (χ3n) is 4.48. The van der Waals surface area contributed by atoms with E-state index in [1.165, 1.54) is 0 Å². The first-order chi connectivity index (χ1) is 12.6. The van der Waals surface area contributed by atoms with Gasteiger partial charge in [-0.15, -0.1) is 0 Å². The standard InChI is InChI=1S/C20H22N2O4/c23-19(24)17-12-22(11-15-7-3-1-4-8-15)13-18(17)21-20(25)26-14-16-9-5-2-6-10-16/h1-10,17-18H,11-14H2,(H,21,25)(H,23,24). The van der Waals surface area contributed by atoms with Crippen LogP contribution in [-0.2, 0) is 22.7 Å². The lowest BCUT2D eigenvalue weighted by molar-refractivity contribution is -0.141. The molecule has 6 nitrogen and oxygen atoms in total. The fourth-order valence-electron chi connectivity index (χ4n) is 3.17. The van der Waals surface area contributed by atoms with Crippen LogP contribution in [0.1, 0.15) is 11.1 Å². The molecule has 3 rings (SSSR count). The lowest BCUT2D eigenvalue weighted by atomic mass is 10.0.